The Morgan fingerprint density at radius 2 is 0.812 bits per heavy atom. The predicted molar refractivity (Wildman–Crippen MR) is 200 cm³/mol. The second-order valence-corrected chi connectivity index (χ2v) is 12.4. The van der Waals surface area contributed by atoms with E-state index in [1.165, 1.54) is 49.4 Å². The molecule has 0 radical (unpaired) electrons. The van der Waals surface area contributed by atoms with Crippen molar-refractivity contribution in [2.45, 2.75) is 0 Å². The highest BCUT2D eigenvalue weighted by Gasteiger charge is 2.23. The summed E-state index contributed by atoms with van der Waals surface area (Å²) in [5.41, 5.74) is 10.7. The van der Waals surface area contributed by atoms with Gasteiger partial charge < -0.3 is 8.83 Å². The maximum Gasteiger partial charge on any atom is 0.147 e. The van der Waals surface area contributed by atoms with E-state index in [2.05, 4.69) is 146 Å². The molecule has 224 valence electrons. The summed E-state index contributed by atoms with van der Waals surface area (Å²) in [6.45, 7) is 0. The highest BCUT2D eigenvalue weighted by atomic mass is 16.3. The zero-order chi connectivity index (χ0) is 31.6. The van der Waals surface area contributed by atoms with Gasteiger partial charge >= 0.3 is 0 Å². The monoisotopic (exact) mass is 612 g/mol. The molecular formula is C46H28O2. The van der Waals surface area contributed by atoms with Crippen molar-refractivity contribution in [2.75, 3.05) is 0 Å². The van der Waals surface area contributed by atoms with E-state index >= 15 is 0 Å². The lowest BCUT2D eigenvalue weighted by Gasteiger charge is -2.18. The second kappa shape index (κ2) is 10.6. The molecule has 0 bridgehead atoms. The van der Waals surface area contributed by atoms with E-state index in [0.29, 0.717) is 0 Å². The Kier molecular flexibility index (Phi) is 5.91. The fraction of sp³-hybridized carbons (Fsp3) is 0. The number of hydrogen-bond acceptors (Lipinski definition) is 2. The Balaban J connectivity index is 1.30. The number of para-hydroxylation sites is 1. The van der Waals surface area contributed by atoms with Crippen LogP contribution in [0, 0.1) is 0 Å². The molecule has 10 rings (SSSR count). The van der Waals surface area contributed by atoms with Crippen molar-refractivity contribution >= 4 is 54.5 Å². The summed E-state index contributed by atoms with van der Waals surface area (Å²) >= 11 is 0. The van der Waals surface area contributed by atoms with Crippen LogP contribution in [0.2, 0.25) is 0 Å². The maximum absolute atomic E-state index is 6.68. The van der Waals surface area contributed by atoms with Gasteiger partial charge in [0.15, 0.2) is 0 Å². The van der Waals surface area contributed by atoms with E-state index in [9.17, 15) is 0 Å². The third kappa shape index (κ3) is 4.06. The lowest BCUT2D eigenvalue weighted by Crippen LogP contribution is -1.91. The minimum atomic E-state index is 0.809. The Morgan fingerprint density at radius 3 is 1.46 bits per heavy atom. The summed E-state index contributed by atoms with van der Waals surface area (Å²) < 4.78 is 13.3. The van der Waals surface area contributed by atoms with Crippen LogP contribution in [0.1, 0.15) is 0 Å². The van der Waals surface area contributed by atoms with Gasteiger partial charge in [0.05, 0.1) is 5.39 Å². The van der Waals surface area contributed by atoms with E-state index in [0.717, 1.165) is 49.8 Å². The van der Waals surface area contributed by atoms with Crippen LogP contribution in [0.4, 0.5) is 0 Å². The third-order valence-corrected chi connectivity index (χ3v) is 9.69. The molecule has 0 unspecified atom stereocenters. The van der Waals surface area contributed by atoms with Crippen LogP contribution in [0.25, 0.3) is 99.2 Å². The zero-order valence-corrected chi connectivity index (χ0v) is 26.0. The summed E-state index contributed by atoms with van der Waals surface area (Å²) in [5.74, 6) is 0.827. The molecule has 0 fully saturated rings. The molecule has 0 saturated carbocycles. The molecule has 0 saturated heterocycles. The van der Waals surface area contributed by atoms with Crippen LogP contribution in [0.5, 0.6) is 0 Å². The average Bonchev–Trinajstić information content (AvgIpc) is 3.77. The minimum Gasteiger partial charge on any atom is -0.456 e. The molecule has 2 heteroatoms. The van der Waals surface area contributed by atoms with Crippen molar-refractivity contribution in [2.24, 2.45) is 0 Å². The fourth-order valence-corrected chi connectivity index (χ4v) is 7.53. The van der Waals surface area contributed by atoms with Gasteiger partial charge in [-0.25, -0.2) is 0 Å². The van der Waals surface area contributed by atoms with Crippen molar-refractivity contribution in [3.63, 3.8) is 0 Å². The molecule has 2 heterocycles. The Bertz CT molecular complexity index is 2750. The van der Waals surface area contributed by atoms with Gasteiger partial charge in [0.25, 0.3) is 0 Å². The van der Waals surface area contributed by atoms with Crippen LogP contribution >= 0.6 is 0 Å². The highest BCUT2D eigenvalue weighted by Crippen LogP contribution is 2.49. The van der Waals surface area contributed by atoms with E-state index in [-0.39, 0.29) is 0 Å². The van der Waals surface area contributed by atoms with Gasteiger partial charge in [-0.1, -0.05) is 152 Å². The van der Waals surface area contributed by atoms with Gasteiger partial charge in [-0.05, 0) is 73.1 Å². The smallest absolute Gasteiger partial charge is 0.147 e. The Labute approximate surface area is 277 Å². The standard InChI is InChI=1S/C46H28O2/c1-3-13-29(14-4-1)30-23-25-32(26-24-30)43-33-17-7-9-19-35(33)44(36-20-10-8-18-34(36)43)39-28-42-38(27-41(47-42)31-15-5-2-6-16-31)46-45(39)37-21-11-12-22-40(37)48-46/h1-28H. The molecule has 10 aromatic rings. The number of benzene rings is 8. The highest BCUT2D eigenvalue weighted by molar-refractivity contribution is 6.28. The van der Waals surface area contributed by atoms with Crippen molar-refractivity contribution in [3.05, 3.63) is 170 Å². The summed E-state index contributed by atoms with van der Waals surface area (Å²) in [6, 6.07) is 60.2. The molecule has 0 atom stereocenters. The molecule has 48 heavy (non-hydrogen) atoms. The Morgan fingerprint density at radius 1 is 0.312 bits per heavy atom. The van der Waals surface area contributed by atoms with Crippen molar-refractivity contribution in [1.29, 1.82) is 0 Å². The molecule has 0 aliphatic carbocycles. The molecule has 0 spiro atoms. The average molecular weight is 613 g/mol. The lowest BCUT2D eigenvalue weighted by molar-refractivity contribution is 0.631. The van der Waals surface area contributed by atoms with Crippen LogP contribution < -0.4 is 0 Å². The van der Waals surface area contributed by atoms with E-state index in [1.807, 2.05) is 24.3 Å². The first-order valence-corrected chi connectivity index (χ1v) is 16.3. The molecule has 0 N–H and O–H groups in total. The summed E-state index contributed by atoms with van der Waals surface area (Å²) in [4.78, 5) is 0. The number of hydrogen-bond donors (Lipinski definition) is 0. The predicted octanol–water partition coefficient (Wildman–Crippen LogP) is 13.3. The van der Waals surface area contributed by atoms with Crippen molar-refractivity contribution < 1.29 is 8.83 Å². The van der Waals surface area contributed by atoms with Gasteiger partial charge in [0.1, 0.15) is 22.5 Å². The van der Waals surface area contributed by atoms with Crippen molar-refractivity contribution in [3.8, 4) is 44.7 Å². The van der Waals surface area contributed by atoms with Gasteiger partial charge in [-0.15, -0.1) is 0 Å². The molecule has 8 aromatic carbocycles. The van der Waals surface area contributed by atoms with E-state index < -0.39 is 0 Å². The Hall–Kier alpha value is -6.38. The van der Waals surface area contributed by atoms with Crippen LogP contribution in [0.15, 0.2) is 179 Å². The van der Waals surface area contributed by atoms with Crippen LogP contribution in [-0.4, -0.2) is 0 Å². The summed E-state index contributed by atoms with van der Waals surface area (Å²) in [5, 5.41) is 7.99. The summed E-state index contributed by atoms with van der Waals surface area (Å²) in [7, 11) is 0. The van der Waals surface area contributed by atoms with Crippen LogP contribution in [-0.2, 0) is 0 Å². The van der Waals surface area contributed by atoms with Gasteiger partial charge in [0, 0.05) is 16.3 Å². The van der Waals surface area contributed by atoms with E-state index in [1.54, 1.807) is 0 Å². The lowest BCUT2D eigenvalue weighted by atomic mass is 9.84. The maximum atomic E-state index is 6.68. The SMILES string of the molecule is c1ccc(-c2ccc(-c3c4ccccc4c(-c4cc5oc(-c6ccccc6)cc5c5oc6ccccc6c45)c4ccccc34)cc2)cc1. The first-order valence-electron chi connectivity index (χ1n) is 16.3. The minimum absolute atomic E-state index is 0.809. The van der Waals surface area contributed by atoms with Gasteiger partial charge in [-0.2, -0.15) is 0 Å². The first-order chi connectivity index (χ1) is 23.8. The quantitative estimate of drug-likeness (QED) is 0.185. The van der Waals surface area contributed by atoms with Crippen LogP contribution in [0.3, 0.4) is 0 Å². The van der Waals surface area contributed by atoms with E-state index in [4.69, 9.17) is 8.83 Å². The largest absolute Gasteiger partial charge is 0.456 e. The topological polar surface area (TPSA) is 26.3 Å². The fourth-order valence-electron chi connectivity index (χ4n) is 7.53. The first kappa shape index (κ1) is 26.8. The molecule has 0 amide bonds. The summed E-state index contributed by atoms with van der Waals surface area (Å²) in [6.07, 6.45) is 0. The zero-order valence-electron chi connectivity index (χ0n) is 26.0. The molecular weight excluding hydrogens is 585 g/mol. The molecule has 0 aliphatic rings. The molecule has 2 aromatic heterocycles. The van der Waals surface area contributed by atoms with Gasteiger partial charge in [-0.3, -0.25) is 0 Å². The molecule has 2 nitrogen and oxygen atoms in total. The number of rotatable bonds is 4. The molecule has 0 aliphatic heterocycles. The normalized spacial score (nSPS) is 11.8. The van der Waals surface area contributed by atoms with Gasteiger partial charge in [0.2, 0.25) is 0 Å². The number of fused-ring (bicyclic) bond motifs is 7. The second-order valence-electron chi connectivity index (χ2n) is 12.4. The number of furan rings is 2. The van der Waals surface area contributed by atoms with Crippen molar-refractivity contribution in [1.82, 2.24) is 0 Å². The third-order valence-electron chi connectivity index (χ3n) is 9.69.